The first kappa shape index (κ1) is 52.4. The molecule has 7 atom stereocenters. The van der Waals surface area contributed by atoms with Gasteiger partial charge in [0.2, 0.25) is 23.6 Å². The quantitative estimate of drug-likeness (QED) is 0.0412. The fourth-order valence-corrected chi connectivity index (χ4v) is 8.50. The summed E-state index contributed by atoms with van der Waals surface area (Å²) in [5, 5.41) is 13.4. The van der Waals surface area contributed by atoms with Gasteiger partial charge in [0.25, 0.3) is 5.91 Å². The third-order valence-electron chi connectivity index (χ3n) is 11.7. The maximum Gasteiger partial charge on any atom is 0.254 e. The topological polar surface area (TPSA) is 246 Å². The largest absolute Gasteiger partial charge is 0.385 e. The van der Waals surface area contributed by atoms with Gasteiger partial charge in [-0.25, -0.2) is 0 Å². The second-order valence-electron chi connectivity index (χ2n) is 17.0. The van der Waals surface area contributed by atoms with Crippen LogP contribution in [-0.4, -0.2) is 136 Å². The van der Waals surface area contributed by atoms with Crippen molar-refractivity contribution in [2.24, 2.45) is 39.4 Å². The molecule has 2 aromatic rings. The van der Waals surface area contributed by atoms with Gasteiger partial charge in [-0.05, 0) is 62.1 Å². The third kappa shape index (κ3) is 15.7. The molecule has 0 aromatic heterocycles. The lowest BCUT2D eigenvalue weighted by Crippen LogP contribution is -2.55. The maximum absolute atomic E-state index is 14.0. The first-order valence-corrected chi connectivity index (χ1v) is 23.1. The van der Waals surface area contributed by atoms with Crippen molar-refractivity contribution < 1.29 is 38.5 Å². The van der Waals surface area contributed by atoms with Gasteiger partial charge in [-0.2, -0.15) is 0 Å². The van der Waals surface area contributed by atoms with Crippen molar-refractivity contribution in [2.45, 2.75) is 110 Å². The van der Waals surface area contributed by atoms with Gasteiger partial charge in [-0.3, -0.25) is 24.0 Å². The standard InChI is InChI=1S/C45H70N9O8P/c1-10-29(4)41(36(62-9)25-38(55)54-22-14-17-35(54)23-30(5)43(57)49-31(6)24-32-15-12-11-13-16-32)52(7)39(56)26-48-44(58)40(28(2)3)53(8)45(59)34-20-18-33(19-21-34)42(47)51-50-37(46)27-63(60)61/h11-13,15-16,18-21,28-31,35-36,40-41,60-61H,10,14,17,22-27H2,1-9H3,(H2,46,50)(H2,47,51)(H,48,58)(H,49,57)/t29?,30?,31-,35+,36?,40?,41?/m1/s1. The minimum absolute atomic E-state index is 0.00778. The molecule has 0 bridgehead atoms. The van der Waals surface area contributed by atoms with E-state index in [0.29, 0.717) is 24.9 Å². The highest BCUT2D eigenvalue weighted by Crippen LogP contribution is 2.28. The molecule has 63 heavy (non-hydrogen) atoms. The monoisotopic (exact) mass is 896 g/mol. The molecule has 18 heteroatoms. The van der Waals surface area contributed by atoms with Gasteiger partial charge >= 0.3 is 0 Å². The summed E-state index contributed by atoms with van der Waals surface area (Å²) < 4.78 is 5.96. The van der Waals surface area contributed by atoms with Gasteiger partial charge in [0.15, 0.2) is 14.2 Å². The highest BCUT2D eigenvalue weighted by Gasteiger charge is 2.38. The summed E-state index contributed by atoms with van der Waals surface area (Å²) >= 11 is 0. The van der Waals surface area contributed by atoms with Crippen LogP contribution < -0.4 is 22.1 Å². The molecule has 0 spiro atoms. The highest BCUT2D eigenvalue weighted by molar-refractivity contribution is 7.46. The first-order chi connectivity index (χ1) is 29.8. The van der Waals surface area contributed by atoms with Crippen LogP contribution in [-0.2, 0) is 30.3 Å². The number of carbonyl (C=O) groups excluding carboxylic acids is 5. The van der Waals surface area contributed by atoms with Crippen LogP contribution in [0.2, 0.25) is 0 Å². The smallest absolute Gasteiger partial charge is 0.254 e. The van der Waals surface area contributed by atoms with Crippen LogP contribution in [0.15, 0.2) is 64.8 Å². The molecule has 348 valence electrons. The van der Waals surface area contributed by atoms with E-state index in [1.165, 1.54) is 31.2 Å². The molecular formula is C45H70N9O8P. The van der Waals surface area contributed by atoms with E-state index in [1.807, 2.05) is 62.9 Å². The van der Waals surface area contributed by atoms with Crippen molar-refractivity contribution in [1.29, 1.82) is 0 Å². The normalized spacial score (nSPS) is 17.4. The van der Waals surface area contributed by atoms with Crippen LogP contribution in [0.4, 0.5) is 0 Å². The Morgan fingerprint density at radius 1 is 0.921 bits per heavy atom. The summed E-state index contributed by atoms with van der Waals surface area (Å²) in [6, 6.07) is 14.7. The molecule has 17 nitrogen and oxygen atoms in total. The number of benzene rings is 2. The van der Waals surface area contributed by atoms with Crippen molar-refractivity contribution in [3.05, 3.63) is 71.3 Å². The van der Waals surface area contributed by atoms with E-state index in [9.17, 15) is 24.0 Å². The molecule has 2 aromatic carbocycles. The van der Waals surface area contributed by atoms with Crippen molar-refractivity contribution >= 4 is 49.6 Å². The van der Waals surface area contributed by atoms with Crippen LogP contribution in [0.3, 0.4) is 0 Å². The highest BCUT2D eigenvalue weighted by atomic mass is 31.2. The zero-order valence-electron chi connectivity index (χ0n) is 38.4. The Labute approximate surface area is 374 Å². The molecule has 0 aliphatic carbocycles. The number of hydrogen-bond acceptors (Lipinski definition) is 10. The molecular weight excluding hydrogens is 826 g/mol. The Bertz CT molecular complexity index is 1880. The van der Waals surface area contributed by atoms with Gasteiger partial charge < -0.3 is 51.3 Å². The molecule has 1 heterocycles. The van der Waals surface area contributed by atoms with E-state index in [2.05, 4.69) is 20.8 Å². The Kier molecular flexibility index (Phi) is 21.1. The molecule has 1 fully saturated rings. The van der Waals surface area contributed by atoms with Crippen LogP contribution in [0.25, 0.3) is 0 Å². The Morgan fingerprint density at radius 3 is 2.14 bits per heavy atom. The number of rotatable bonds is 23. The summed E-state index contributed by atoms with van der Waals surface area (Å²) in [4.78, 5) is 91.2. The average molecular weight is 896 g/mol. The minimum Gasteiger partial charge on any atom is -0.385 e. The summed E-state index contributed by atoms with van der Waals surface area (Å²) in [6.45, 7) is 11.8. The number of nitrogens with zero attached hydrogens (tertiary/aromatic N) is 5. The van der Waals surface area contributed by atoms with Crippen molar-refractivity contribution in [3.8, 4) is 0 Å². The van der Waals surface area contributed by atoms with Crippen molar-refractivity contribution in [3.63, 3.8) is 0 Å². The summed E-state index contributed by atoms with van der Waals surface area (Å²) in [5.41, 5.74) is 13.5. The number of likely N-dealkylation sites (N-methyl/N-ethyl adjacent to an activating group) is 2. The average Bonchev–Trinajstić information content (AvgIpc) is 3.72. The van der Waals surface area contributed by atoms with E-state index in [4.69, 9.17) is 26.0 Å². The number of nitrogens with one attached hydrogen (secondary N) is 2. The van der Waals surface area contributed by atoms with Crippen LogP contribution in [0, 0.1) is 17.8 Å². The number of carbonyl (C=O) groups is 5. The zero-order valence-corrected chi connectivity index (χ0v) is 39.3. The SMILES string of the molecule is CCC(C)C(C(CC(=O)N1CCC[C@H]1CC(C)C(=O)N[C@H](C)Cc1ccccc1)OC)N(C)C(=O)CNC(=O)C(C(C)C)N(C)C(=O)c1ccc(/C(N)=N/N=C(\N)CP(O)O)cc1. The van der Waals surface area contributed by atoms with Gasteiger partial charge in [0.05, 0.1) is 31.3 Å². The van der Waals surface area contributed by atoms with Crippen LogP contribution in [0.5, 0.6) is 0 Å². The number of hydrogen-bond donors (Lipinski definition) is 6. The van der Waals surface area contributed by atoms with Gasteiger partial charge in [-0.15, -0.1) is 10.2 Å². The fraction of sp³-hybridized carbons (Fsp3) is 0.578. The molecule has 5 unspecified atom stereocenters. The summed E-state index contributed by atoms with van der Waals surface area (Å²) in [7, 11) is 2.43. The van der Waals surface area contributed by atoms with Gasteiger partial charge in [0.1, 0.15) is 11.9 Å². The van der Waals surface area contributed by atoms with E-state index in [-0.39, 0.29) is 83.9 Å². The van der Waals surface area contributed by atoms with E-state index in [0.717, 1.165) is 24.8 Å². The molecule has 8 N–H and O–H groups in total. The second-order valence-corrected chi connectivity index (χ2v) is 18.0. The second kappa shape index (κ2) is 25.4. The molecule has 1 aliphatic rings. The van der Waals surface area contributed by atoms with Crippen LogP contribution >= 0.6 is 8.38 Å². The van der Waals surface area contributed by atoms with E-state index >= 15 is 0 Å². The van der Waals surface area contributed by atoms with Gasteiger partial charge in [0, 0.05) is 56.9 Å². The van der Waals surface area contributed by atoms with Crippen molar-refractivity contribution in [1.82, 2.24) is 25.3 Å². The number of methoxy groups -OCH3 is 1. The summed E-state index contributed by atoms with van der Waals surface area (Å²) in [6.07, 6.45) is 2.78. The molecule has 1 saturated heterocycles. The van der Waals surface area contributed by atoms with Gasteiger partial charge in [-0.1, -0.05) is 83.5 Å². The third-order valence-corrected chi connectivity index (χ3v) is 12.3. The predicted molar refractivity (Wildman–Crippen MR) is 246 cm³/mol. The first-order valence-electron chi connectivity index (χ1n) is 21.7. The number of ether oxygens (including phenoxy) is 1. The Morgan fingerprint density at radius 2 is 1.56 bits per heavy atom. The Hall–Kier alpha value is -4.96. The number of amides is 5. The number of nitrogens with two attached hydrogens (primary N) is 2. The maximum atomic E-state index is 14.0. The summed E-state index contributed by atoms with van der Waals surface area (Å²) in [5.74, 6) is -2.23. The van der Waals surface area contributed by atoms with Crippen molar-refractivity contribution in [2.75, 3.05) is 40.5 Å². The Balaban J connectivity index is 1.63. The molecule has 5 amide bonds. The number of amidine groups is 2. The molecule has 1 aliphatic heterocycles. The van der Waals surface area contributed by atoms with E-state index in [1.54, 1.807) is 37.9 Å². The van der Waals surface area contributed by atoms with Crippen LogP contribution in [0.1, 0.15) is 95.1 Å². The molecule has 0 saturated carbocycles. The lowest BCUT2D eigenvalue weighted by molar-refractivity contribution is -0.143. The lowest BCUT2D eigenvalue weighted by atomic mass is 9.90. The minimum atomic E-state index is -2.27. The fourth-order valence-electron chi connectivity index (χ4n) is 8.15. The molecule has 0 radical (unpaired) electrons. The molecule has 3 rings (SSSR count). The number of likely N-dealkylation sites (tertiary alicyclic amines) is 1. The van der Waals surface area contributed by atoms with E-state index < -0.39 is 38.4 Å². The lowest BCUT2D eigenvalue weighted by Gasteiger charge is -2.38. The zero-order chi connectivity index (χ0) is 47.0. The predicted octanol–water partition coefficient (Wildman–Crippen LogP) is 3.22.